The molecule has 0 aliphatic carbocycles. The maximum Gasteiger partial charge on any atom is 0.211 e. The monoisotopic (exact) mass is 197 g/mol. The molecule has 1 aliphatic rings. The zero-order valence-corrected chi connectivity index (χ0v) is 7.59. The summed E-state index contributed by atoms with van der Waals surface area (Å²) in [7, 11) is -3.36. The fourth-order valence-corrected chi connectivity index (χ4v) is 2.53. The van der Waals surface area contributed by atoms with Crippen LogP contribution in [0.2, 0.25) is 0 Å². The summed E-state index contributed by atoms with van der Waals surface area (Å²) >= 11 is 0. The van der Waals surface area contributed by atoms with Crippen molar-refractivity contribution in [3.63, 3.8) is 0 Å². The third kappa shape index (κ3) is 1.94. The molecular weight excluding hydrogens is 185 g/mol. The van der Waals surface area contributed by atoms with Gasteiger partial charge in [-0.1, -0.05) is 0 Å². The summed E-state index contributed by atoms with van der Waals surface area (Å²) < 4.78 is 35.7. The van der Waals surface area contributed by atoms with Crippen LogP contribution in [0.1, 0.15) is 6.42 Å². The molecule has 1 N–H and O–H groups in total. The Morgan fingerprint density at radius 2 is 2.25 bits per heavy atom. The molecule has 4 nitrogen and oxygen atoms in total. The van der Waals surface area contributed by atoms with Crippen molar-refractivity contribution in [3.8, 4) is 0 Å². The van der Waals surface area contributed by atoms with Gasteiger partial charge >= 0.3 is 0 Å². The van der Waals surface area contributed by atoms with Gasteiger partial charge < -0.3 is 5.11 Å². The van der Waals surface area contributed by atoms with E-state index in [0.29, 0.717) is 0 Å². The van der Waals surface area contributed by atoms with Crippen LogP contribution in [0, 0.1) is 0 Å². The Balaban J connectivity index is 2.78. The Hall–Kier alpha value is -0.200. The molecule has 12 heavy (non-hydrogen) atoms. The molecule has 1 heterocycles. The number of aliphatic hydroxyl groups is 1. The van der Waals surface area contributed by atoms with Crippen LogP contribution in [0.5, 0.6) is 0 Å². The lowest BCUT2D eigenvalue weighted by Crippen LogP contribution is -2.36. The van der Waals surface area contributed by atoms with Gasteiger partial charge in [0.1, 0.15) is 6.17 Å². The SMILES string of the molecule is CS(=O)(=O)N1CC(F)CC1CO. The predicted octanol–water partition coefficient (Wildman–Crippen LogP) is -0.649. The van der Waals surface area contributed by atoms with E-state index in [9.17, 15) is 12.8 Å². The first-order valence-electron chi connectivity index (χ1n) is 3.67. The number of sulfonamides is 1. The maximum absolute atomic E-state index is 12.7. The van der Waals surface area contributed by atoms with E-state index in [-0.39, 0.29) is 19.6 Å². The first-order valence-corrected chi connectivity index (χ1v) is 5.51. The van der Waals surface area contributed by atoms with Gasteiger partial charge in [0.2, 0.25) is 10.0 Å². The number of nitrogens with zero attached hydrogens (tertiary/aromatic N) is 1. The fourth-order valence-electron chi connectivity index (χ4n) is 1.40. The second-order valence-corrected chi connectivity index (χ2v) is 4.94. The second kappa shape index (κ2) is 3.27. The Morgan fingerprint density at radius 3 is 2.58 bits per heavy atom. The molecule has 0 aromatic heterocycles. The molecule has 0 amide bonds. The van der Waals surface area contributed by atoms with Crippen LogP contribution < -0.4 is 0 Å². The van der Waals surface area contributed by atoms with Gasteiger partial charge in [-0.3, -0.25) is 0 Å². The minimum atomic E-state index is -3.36. The van der Waals surface area contributed by atoms with E-state index in [4.69, 9.17) is 5.11 Å². The number of hydrogen-bond acceptors (Lipinski definition) is 3. The van der Waals surface area contributed by atoms with Gasteiger partial charge in [0, 0.05) is 6.54 Å². The minimum Gasteiger partial charge on any atom is -0.395 e. The predicted molar refractivity (Wildman–Crippen MR) is 41.9 cm³/mol. The molecule has 72 valence electrons. The Bertz CT molecular complexity index is 254. The second-order valence-electron chi connectivity index (χ2n) is 3.00. The third-order valence-electron chi connectivity index (χ3n) is 1.95. The summed E-state index contributed by atoms with van der Waals surface area (Å²) in [6.45, 7) is -0.433. The first kappa shape index (κ1) is 9.88. The highest BCUT2D eigenvalue weighted by molar-refractivity contribution is 7.88. The van der Waals surface area contributed by atoms with Crippen molar-refractivity contribution in [2.24, 2.45) is 0 Å². The van der Waals surface area contributed by atoms with Gasteiger partial charge in [-0.25, -0.2) is 12.8 Å². The summed E-state index contributed by atoms with van der Waals surface area (Å²) in [5, 5.41) is 8.74. The van der Waals surface area contributed by atoms with E-state index in [2.05, 4.69) is 0 Å². The molecule has 2 unspecified atom stereocenters. The lowest BCUT2D eigenvalue weighted by molar-refractivity contribution is 0.213. The average Bonchev–Trinajstić information content (AvgIpc) is 2.29. The molecule has 0 aromatic rings. The summed E-state index contributed by atoms with van der Waals surface area (Å²) in [5.41, 5.74) is 0. The number of alkyl halides is 1. The van der Waals surface area contributed by atoms with Crippen LogP contribution in [0.15, 0.2) is 0 Å². The molecular formula is C6H12FNO3S. The normalized spacial score (nSPS) is 32.6. The maximum atomic E-state index is 12.7. The van der Waals surface area contributed by atoms with E-state index < -0.39 is 22.2 Å². The Kier molecular flexibility index (Phi) is 2.70. The van der Waals surface area contributed by atoms with Crippen molar-refractivity contribution in [1.82, 2.24) is 4.31 Å². The van der Waals surface area contributed by atoms with Crippen LogP contribution in [0.4, 0.5) is 4.39 Å². The number of hydrogen-bond donors (Lipinski definition) is 1. The number of aliphatic hydroxyl groups excluding tert-OH is 1. The summed E-state index contributed by atoms with van der Waals surface area (Å²) in [6, 6.07) is -0.574. The Labute approximate surface area is 71.0 Å². The highest BCUT2D eigenvalue weighted by atomic mass is 32.2. The van der Waals surface area contributed by atoms with Crippen molar-refractivity contribution in [2.75, 3.05) is 19.4 Å². The highest BCUT2D eigenvalue weighted by Crippen LogP contribution is 2.22. The fraction of sp³-hybridized carbons (Fsp3) is 1.00. The van der Waals surface area contributed by atoms with Crippen molar-refractivity contribution in [2.45, 2.75) is 18.6 Å². The highest BCUT2D eigenvalue weighted by Gasteiger charge is 2.36. The number of halogens is 1. The molecule has 1 aliphatic heterocycles. The molecule has 6 heteroatoms. The van der Waals surface area contributed by atoms with Gasteiger partial charge in [-0.15, -0.1) is 0 Å². The van der Waals surface area contributed by atoms with Crippen LogP contribution in [0.25, 0.3) is 0 Å². The van der Waals surface area contributed by atoms with E-state index in [1.807, 2.05) is 0 Å². The van der Waals surface area contributed by atoms with Crippen molar-refractivity contribution >= 4 is 10.0 Å². The van der Waals surface area contributed by atoms with Gasteiger partial charge in [0.25, 0.3) is 0 Å². The zero-order chi connectivity index (χ0) is 9.35. The lowest BCUT2D eigenvalue weighted by atomic mass is 10.2. The quantitative estimate of drug-likeness (QED) is 0.640. The van der Waals surface area contributed by atoms with Gasteiger partial charge in [0.05, 0.1) is 18.9 Å². The molecule has 0 spiro atoms. The molecule has 0 saturated carbocycles. The zero-order valence-electron chi connectivity index (χ0n) is 6.77. The minimum absolute atomic E-state index is 0.101. The molecule has 1 fully saturated rings. The number of rotatable bonds is 2. The van der Waals surface area contributed by atoms with Crippen LogP contribution in [-0.4, -0.2) is 49.5 Å². The molecule has 0 bridgehead atoms. The van der Waals surface area contributed by atoms with Gasteiger partial charge in [-0.2, -0.15) is 4.31 Å². The summed E-state index contributed by atoms with van der Waals surface area (Å²) in [6.07, 6.45) is -0.0195. The topological polar surface area (TPSA) is 57.6 Å². The van der Waals surface area contributed by atoms with E-state index in [1.165, 1.54) is 0 Å². The standard InChI is InChI=1S/C6H12FNO3S/c1-12(10,11)8-3-5(7)2-6(8)4-9/h5-6,9H,2-4H2,1H3. The van der Waals surface area contributed by atoms with Crippen LogP contribution in [0.3, 0.4) is 0 Å². The van der Waals surface area contributed by atoms with Crippen molar-refractivity contribution in [3.05, 3.63) is 0 Å². The van der Waals surface area contributed by atoms with Gasteiger partial charge in [-0.05, 0) is 6.42 Å². The third-order valence-corrected chi connectivity index (χ3v) is 3.25. The summed E-state index contributed by atoms with van der Waals surface area (Å²) in [4.78, 5) is 0. The van der Waals surface area contributed by atoms with Crippen LogP contribution >= 0.6 is 0 Å². The van der Waals surface area contributed by atoms with E-state index >= 15 is 0 Å². The van der Waals surface area contributed by atoms with Crippen molar-refractivity contribution in [1.29, 1.82) is 0 Å². The molecule has 0 aromatic carbocycles. The largest absolute Gasteiger partial charge is 0.395 e. The molecule has 1 rings (SSSR count). The first-order chi connectivity index (χ1) is 5.45. The van der Waals surface area contributed by atoms with Gasteiger partial charge in [0.15, 0.2) is 0 Å². The van der Waals surface area contributed by atoms with Crippen molar-refractivity contribution < 1.29 is 17.9 Å². The van der Waals surface area contributed by atoms with Crippen LogP contribution in [-0.2, 0) is 10.0 Å². The lowest BCUT2D eigenvalue weighted by Gasteiger charge is -2.18. The summed E-state index contributed by atoms with van der Waals surface area (Å²) in [5.74, 6) is 0. The average molecular weight is 197 g/mol. The van der Waals surface area contributed by atoms with E-state index in [1.54, 1.807) is 0 Å². The molecule has 2 atom stereocenters. The molecule has 1 saturated heterocycles. The Morgan fingerprint density at radius 1 is 1.67 bits per heavy atom. The smallest absolute Gasteiger partial charge is 0.211 e. The molecule has 0 radical (unpaired) electrons. The van der Waals surface area contributed by atoms with E-state index in [0.717, 1.165) is 10.6 Å².